The number of hydrogen-bond acceptors (Lipinski definition) is 14. The van der Waals surface area contributed by atoms with E-state index in [4.69, 9.17) is 23.7 Å². The summed E-state index contributed by atoms with van der Waals surface area (Å²) in [6, 6.07) is 0. The number of hydrogen-bond donors (Lipinski definition) is 4. The van der Waals surface area contributed by atoms with Gasteiger partial charge in [0.05, 0.1) is 24.0 Å². The van der Waals surface area contributed by atoms with E-state index in [1.54, 1.807) is 6.92 Å². The van der Waals surface area contributed by atoms with Crippen molar-refractivity contribution in [1.29, 1.82) is 0 Å². The van der Waals surface area contributed by atoms with Crippen molar-refractivity contribution in [1.82, 2.24) is 0 Å². The van der Waals surface area contributed by atoms with Crippen molar-refractivity contribution in [2.24, 2.45) is 46.3 Å². The highest BCUT2D eigenvalue weighted by molar-refractivity contribution is 5.98. The second-order valence-electron chi connectivity index (χ2n) is 17.6. The first-order chi connectivity index (χ1) is 24.9. The summed E-state index contributed by atoms with van der Waals surface area (Å²) < 4.78 is 28.8. The van der Waals surface area contributed by atoms with Crippen LogP contribution in [0.25, 0.3) is 0 Å². The largest absolute Gasteiger partial charge is 0.461 e. The van der Waals surface area contributed by atoms with Gasteiger partial charge in [0.15, 0.2) is 5.60 Å². The number of rotatable bonds is 0. The Balaban J connectivity index is 1.21. The molecule has 7 aliphatic carbocycles. The molecule has 0 saturated heterocycles. The van der Waals surface area contributed by atoms with E-state index in [0.717, 1.165) is 0 Å². The highest BCUT2D eigenvalue weighted by Crippen LogP contribution is 2.84. The summed E-state index contributed by atoms with van der Waals surface area (Å²) in [6.45, 7) is 5.65. The molecule has 14 nitrogen and oxygen atoms in total. The molecule has 14 heteroatoms. The quantitative estimate of drug-likeness (QED) is 0.202. The molecule has 3 aliphatic heterocycles. The fraction of sp³-hybridized carbons (Fsp3) is 0.667. The lowest BCUT2D eigenvalue weighted by Gasteiger charge is -2.64. The lowest BCUT2D eigenvalue weighted by atomic mass is 9.42. The van der Waals surface area contributed by atoms with Gasteiger partial charge in [0.25, 0.3) is 5.79 Å². The SMILES string of the molecule is CC1=C2C3=C4[C@](C)([C@@H]5C[C@@H]5[C@@]4(O)C[C@@H]4[C@]35OC(=O)C3=C5C[C@H]5[C@](O)(COC(=O)/C(C)=C/COC(=O)CCC(=O)OC3)[C@H]3C[C@H]3[C@]45C)[C@@H](O)[C@]2(O)OC1=O. The van der Waals surface area contributed by atoms with Crippen LogP contribution in [0.4, 0.5) is 0 Å². The van der Waals surface area contributed by atoms with Crippen LogP contribution in [0.1, 0.15) is 66.2 Å². The summed E-state index contributed by atoms with van der Waals surface area (Å²) >= 11 is 0. The molecule has 1 spiro atoms. The number of aliphatic hydroxyl groups is 4. The maximum absolute atomic E-state index is 14.4. The predicted molar refractivity (Wildman–Crippen MR) is 174 cm³/mol. The fourth-order valence-electron chi connectivity index (χ4n) is 13.2. The molecule has 5 fully saturated rings. The van der Waals surface area contributed by atoms with Crippen LogP contribution in [0.3, 0.4) is 0 Å². The van der Waals surface area contributed by atoms with Crippen LogP contribution in [0, 0.1) is 46.3 Å². The molecule has 4 N–H and O–H groups in total. The molecule has 10 aliphatic rings. The van der Waals surface area contributed by atoms with Gasteiger partial charge in [0.2, 0.25) is 0 Å². The van der Waals surface area contributed by atoms with Crippen LogP contribution in [-0.4, -0.2) is 98.8 Å². The summed E-state index contributed by atoms with van der Waals surface area (Å²) in [7, 11) is 0. The monoisotopic (exact) mass is 734 g/mol. The Morgan fingerprint density at radius 1 is 0.774 bits per heavy atom. The summed E-state index contributed by atoms with van der Waals surface area (Å²) in [5, 5.41) is 50.2. The summed E-state index contributed by atoms with van der Waals surface area (Å²) in [6.07, 6.45) is 0.362. The van der Waals surface area contributed by atoms with Crippen molar-refractivity contribution in [3.05, 3.63) is 45.1 Å². The van der Waals surface area contributed by atoms with E-state index in [9.17, 15) is 44.4 Å². The molecule has 0 radical (unpaired) electrons. The van der Waals surface area contributed by atoms with Crippen molar-refractivity contribution in [3.8, 4) is 0 Å². The van der Waals surface area contributed by atoms with Gasteiger partial charge in [-0.05, 0) is 85.8 Å². The maximum atomic E-state index is 14.4. The van der Waals surface area contributed by atoms with E-state index < -0.39 is 87.8 Å². The first-order valence-electron chi connectivity index (χ1n) is 18.6. The van der Waals surface area contributed by atoms with Crippen molar-refractivity contribution >= 4 is 29.8 Å². The topological polar surface area (TPSA) is 212 Å². The molecule has 3 heterocycles. The molecule has 2 bridgehead atoms. The normalized spacial score (nSPS) is 51.7. The van der Waals surface area contributed by atoms with Gasteiger partial charge in [-0.15, -0.1) is 0 Å². The van der Waals surface area contributed by atoms with Gasteiger partial charge in [-0.25, -0.2) is 14.4 Å². The third-order valence-electron chi connectivity index (χ3n) is 15.6. The lowest BCUT2D eigenvalue weighted by Crippen LogP contribution is -2.69. The average molecular weight is 735 g/mol. The second-order valence-corrected chi connectivity index (χ2v) is 17.6. The molecule has 0 aromatic carbocycles. The van der Waals surface area contributed by atoms with Crippen LogP contribution in [-0.2, 0) is 47.7 Å². The Hall–Kier alpha value is -3.85. The molecule has 0 aromatic heterocycles. The minimum Gasteiger partial charge on any atom is -0.461 e. The molecule has 282 valence electrons. The van der Waals surface area contributed by atoms with Crippen molar-refractivity contribution in [2.45, 2.75) is 94.9 Å². The molecule has 10 rings (SSSR count). The Labute approximate surface area is 303 Å². The van der Waals surface area contributed by atoms with Crippen LogP contribution < -0.4 is 0 Å². The Morgan fingerprint density at radius 2 is 1.47 bits per heavy atom. The first-order valence-corrected chi connectivity index (χ1v) is 18.6. The van der Waals surface area contributed by atoms with Gasteiger partial charge in [-0.2, -0.15) is 0 Å². The van der Waals surface area contributed by atoms with Crippen LogP contribution in [0.2, 0.25) is 0 Å². The lowest BCUT2D eigenvalue weighted by molar-refractivity contribution is -0.244. The van der Waals surface area contributed by atoms with Gasteiger partial charge in [-0.3, -0.25) is 9.59 Å². The zero-order valence-electron chi connectivity index (χ0n) is 29.9. The third-order valence-corrected chi connectivity index (χ3v) is 15.6. The second kappa shape index (κ2) is 9.87. The molecule has 0 aromatic rings. The number of ether oxygens (including phenoxy) is 5. The minimum absolute atomic E-state index is 0.00694. The summed E-state index contributed by atoms with van der Waals surface area (Å²) in [4.78, 5) is 66.3. The van der Waals surface area contributed by atoms with E-state index in [1.807, 2.05) is 6.92 Å². The van der Waals surface area contributed by atoms with E-state index in [2.05, 4.69) is 0 Å². The van der Waals surface area contributed by atoms with E-state index >= 15 is 0 Å². The molecular weight excluding hydrogens is 692 g/mol. The maximum Gasteiger partial charge on any atom is 0.338 e. The number of cyclic esters (lactones) is 3. The average Bonchev–Trinajstić information content (AvgIpc) is 4.01. The summed E-state index contributed by atoms with van der Waals surface area (Å²) in [5.41, 5.74) is -5.72. The van der Waals surface area contributed by atoms with Crippen molar-refractivity contribution in [3.63, 3.8) is 0 Å². The Kier molecular flexibility index (Phi) is 6.27. The molecule has 53 heavy (non-hydrogen) atoms. The standard InChI is InChI=1S/C39H42O14/c1-15-7-8-49-25(40)5-6-26(41)50-13-17-18-11-23-34(3,19-9-22(19)37(23,47)14-51-30(15)42)24-12-36(46)21-10-20(21)35(4)29(36)28(38(18,24)52-32(17)44)27-16(2)31(43)53-39(27,48)33(35)45/h7,19-24,33,45-48H,5-6,8-14H2,1-4H3/b15-7+/t19-,20-,21+,22+,23-,24+,33-,34+,35+,36+,37+,38+,39-/m1/s1. The molecule has 13 atom stereocenters. The Morgan fingerprint density at radius 3 is 2.21 bits per heavy atom. The zero-order valence-corrected chi connectivity index (χ0v) is 29.9. The van der Waals surface area contributed by atoms with Gasteiger partial charge >= 0.3 is 29.8 Å². The van der Waals surface area contributed by atoms with Crippen molar-refractivity contribution < 1.29 is 68.1 Å². The zero-order chi connectivity index (χ0) is 37.6. The van der Waals surface area contributed by atoms with E-state index in [-0.39, 0.29) is 90.4 Å². The van der Waals surface area contributed by atoms with Gasteiger partial charge in [0, 0.05) is 39.5 Å². The first kappa shape index (κ1) is 33.7. The fourth-order valence-corrected chi connectivity index (χ4v) is 13.2. The number of carbonyl (C=O) groups is 5. The summed E-state index contributed by atoms with van der Waals surface area (Å²) in [5.74, 6) is -8.71. The van der Waals surface area contributed by atoms with Crippen LogP contribution in [0.5, 0.6) is 0 Å². The number of esters is 5. The van der Waals surface area contributed by atoms with Crippen LogP contribution in [0.15, 0.2) is 45.1 Å². The molecular formula is C39H42O14. The molecule has 5 saturated carbocycles. The smallest absolute Gasteiger partial charge is 0.338 e. The van der Waals surface area contributed by atoms with Gasteiger partial charge in [0.1, 0.15) is 31.5 Å². The third kappa shape index (κ3) is 3.67. The molecule has 0 amide bonds. The van der Waals surface area contributed by atoms with Crippen molar-refractivity contribution in [2.75, 3.05) is 19.8 Å². The number of fused-ring (bicyclic) bond motifs is 9. The highest BCUT2D eigenvalue weighted by atomic mass is 16.7. The minimum atomic E-state index is -2.51. The van der Waals surface area contributed by atoms with E-state index in [1.165, 1.54) is 19.9 Å². The highest BCUT2D eigenvalue weighted by Gasteiger charge is 2.87. The van der Waals surface area contributed by atoms with Gasteiger partial charge < -0.3 is 44.1 Å². The van der Waals surface area contributed by atoms with E-state index in [0.29, 0.717) is 24.0 Å². The molecule has 0 unspecified atom stereocenters. The van der Waals surface area contributed by atoms with Gasteiger partial charge in [-0.1, -0.05) is 13.8 Å². The Bertz CT molecular complexity index is 2020. The number of carbonyl (C=O) groups excluding carboxylic acids is 5. The van der Waals surface area contributed by atoms with Crippen LogP contribution >= 0.6 is 0 Å². The predicted octanol–water partition coefficient (Wildman–Crippen LogP) is 0.995. The number of aliphatic hydroxyl groups excluding tert-OH is 1.